The first-order valence-corrected chi connectivity index (χ1v) is 16.2. The lowest BCUT2D eigenvalue weighted by Gasteiger charge is -2.72. The largest absolute Gasteiger partial charge is 0.481 e. The zero-order chi connectivity index (χ0) is 26.1. The van der Waals surface area contributed by atoms with E-state index in [4.69, 9.17) is 4.98 Å². The van der Waals surface area contributed by atoms with Crippen LogP contribution < -0.4 is 0 Å². The number of thiazole rings is 1. The fourth-order valence-electron chi connectivity index (χ4n) is 12.0. The predicted molar refractivity (Wildman–Crippen MR) is 150 cm³/mol. The SMILES string of the molecule is CC(C)[C@@H]1CC[C@]2(C(=O)O)CC[C@]3(C)[C@H](CC[C@@H]4[C@@]5(C)Cc6sc(Br)nc6C(C)(C)[C@@H]5CC[C@]43C)[C@@H]12. The molecule has 5 heteroatoms. The molecule has 5 aliphatic rings. The monoisotopic (exact) mass is 575 g/mol. The molecule has 5 aliphatic carbocycles. The van der Waals surface area contributed by atoms with E-state index in [1.165, 1.54) is 36.3 Å². The zero-order valence-electron chi connectivity index (χ0n) is 23.4. The van der Waals surface area contributed by atoms with E-state index in [-0.39, 0.29) is 21.7 Å². The number of hydrogen-bond donors (Lipinski definition) is 1. The first kappa shape index (κ1) is 25.8. The number of aliphatic carboxylic acids is 1. The molecule has 9 atom stereocenters. The average molecular weight is 577 g/mol. The summed E-state index contributed by atoms with van der Waals surface area (Å²) in [5.74, 6) is 2.88. The van der Waals surface area contributed by atoms with E-state index in [0.29, 0.717) is 35.5 Å². The van der Waals surface area contributed by atoms with Crippen LogP contribution in [0.25, 0.3) is 0 Å². The molecule has 0 unspecified atom stereocenters. The van der Waals surface area contributed by atoms with Crippen molar-refractivity contribution in [3.63, 3.8) is 0 Å². The second-order valence-electron chi connectivity index (χ2n) is 15.2. The minimum absolute atomic E-state index is 0.100. The molecule has 36 heavy (non-hydrogen) atoms. The summed E-state index contributed by atoms with van der Waals surface area (Å²) in [7, 11) is 0. The lowest BCUT2D eigenvalue weighted by molar-refractivity contribution is -0.229. The van der Waals surface area contributed by atoms with Gasteiger partial charge in [0.05, 0.1) is 11.1 Å². The second kappa shape index (κ2) is 7.83. The Hall–Kier alpha value is -0.420. The third kappa shape index (κ3) is 2.97. The number of nitrogens with zero attached hydrogens (tertiary/aromatic N) is 1. The van der Waals surface area contributed by atoms with Crippen LogP contribution in [0.4, 0.5) is 0 Å². The summed E-state index contributed by atoms with van der Waals surface area (Å²) in [5, 5.41) is 10.6. The molecule has 200 valence electrons. The van der Waals surface area contributed by atoms with E-state index in [1.54, 1.807) is 0 Å². The van der Waals surface area contributed by atoms with E-state index < -0.39 is 11.4 Å². The first-order valence-electron chi connectivity index (χ1n) is 14.6. The van der Waals surface area contributed by atoms with Crippen molar-refractivity contribution in [1.82, 2.24) is 4.98 Å². The number of aromatic nitrogens is 1. The second-order valence-corrected chi connectivity index (χ2v) is 17.6. The van der Waals surface area contributed by atoms with Gasteiger partial charge in [-0.15, -0.1) is 11.3 Å². The Morgan fingerprint density at radius 2 is 1.69 bits per heavy atom. The van der Waals surface area contributed by atoms with Gasteiger partial charge in [0.1, 0.15) is 0 Å². The maximum atomic E-state index is 12.9. The molecule has 1 aromatic heterocycles. The molecular formula is C31H46BrNO2S. The number of carbonyl (C=O) groups is 1. The van der Waals surface area contributed by atoms with Crippen LogP contribution in [-0.4, -0.2) is 16.1 Å². The Balaban J connectivity index is 1.43. The average Bonchev–Trinajstić information content (AvgIpc) is 3.35. The van der Waals surface area contributed by atoms with Crippen LogP contribution in [0.15, 0.2) is 3.92 Å². The summed E-state index contributed by atoms with van der Waals surface area (Å²) in [6.45, 7) is 17.5. The Bertz CT molecular complexity index is 1100. The van der Waals surface area contributed by atoms with Gasteiger partial charge >= 0.3 is 5.97 Å². The molecule has 0 saturated heterocycles. The fourth-order valence-corrected chi connectivity index (χ4v) is 13.9. The first-order chi connectivity index (χ1) is 16.7. The Morgan fingerprint density at radius 1 is 0.972 bits per heavy atom. The van der Waals surface area contributed by atoms with E-state index in [0.717, 1.165) is 36.0 Å². The summed E-state index contributed by atoms with van der Waals surface area (Å²) < 4.78 is 1.04. The Labute approximate surface area is 230 Å². The zero-order valence-corrected chi connectivity index (χ0v) is 25.8. The summed E-state index contributed by atoms with van der Waals surface area (Å²) in [5.41, 5.74) is 1.75. The number of carboxylic acids is 1. The van der Waals surface area contributed by atoms with Crippen LogP contribution in [0.2, 0.25) is 0 Å². The van der Waals surface area contributed by atoms with Gasteiger partial charge in [0, 0.05) is 10.3 Å². The molecule has 0 bridgehead atoms. The molecule has 6 rings (SSSR count). The minimum Gasteiger partial charge on any atom is -0.481 e. The van der Waals surface area contributed by atoms with E-state index in [1.807, 2.05) is 11.3 Å². The molecule has 1 aromatic rings. The molecule has 4 saturated carbocycles. The normalized spacial score (nSPS) is 49.0. The Kier molecular flexibility index (Phi) is 5.62. The van der Waals surface area contributed by atoms with Crippen LogP contribution in [0.3, 0.4) is 0 Å². The minimum atomic E-state index is -0.488. The lowest BCUT2D eigenvalue weighted by atomic mass is 9.32. The molecule has 4 fully saturated rings. The maximum Gasteiger partial charge on any atom is 0.309 e. The van der Waals surface area contributed by atoms with Crippen LogP contribution in [0.5, 0.6) is 0 Å². The summed E-state index contributed by atoms with van der Waals surface area (Å²) in [6, 6.07) is 0. The van der Waals surface area contributed by atoms with Gasteiger partial charge < -0.3 is 5.11 Å². The molecule has 1 N–H and O–H groups in total. The van der Waals surface area contributed by atoms with Crippen molar-refractivity contribution in [2.45, 2.75) is 112 Å². The maximum absolute atomic E-state index is 12.9. The van der Waals surface area contributed by atoms with Crippen LogP contribution in [0.1, 0.15) is 110 Å². The summed E-state index contributed by atoms with van der Waals surface area (Å²) in [4.78, 5) is 19.4. The van der Waals surface area contributed by atoms with Crippen LogP contribution in [-0.2, 0) is 16.6 Å². The highest BCUT2D eigenvalue weighted by Gasteiger charge is 2.72. The van der Waals surface area contributed by atoms with E-state index >= 15 is 0 Å². The molecule has 0 aromatic carbocycles. The van der Waals surface area contributed by atoms with Gasteiger partial charge in [-0.05, 0) is 125 Å². The van der Waals surface area contributed by atoms with Crippen LogP contribution in [0, 0.1) is 57.2 Å². The number of fused-ring (bicyclic) bond motifs is 8. The quantitative estimate of drug-likeness (QED) is 0.383. The van der Waals surface area contributed by atoms with E-state index in [2.05, 4.69) is 64.4 Å². The van der Waals surface area contributed by atoms with Crippen LogP contribution >= 0.6 is 27.3 Å². The topological polar surface area (TPSA) is 50.2 Å². The van der Waals surface area contributed by atoms with Gasteiger partial charge in [0.25, 0.3) is 0 Å². The lowest BCUT2D eigenvalue weighted by Crippen LogP contribution is -2.67. The van der Waals surface area contributed by atoms with Gasteiger partial charge in [-0.3, -0.25) is 4.79 Å². The smallest absolute Gasteiger partial charge is 0.309 e. The van der Waals surface area contributed by atoms with Crippen molar-refractivity contribution in [3.05, 3.63) is 14.5 Å². The number of hydrogen-bond acceptors (Lipinski definition) is 3. The number of rotatable bonds is 2. The van der Waals surface area contributed by atoms with Gasteiger partial charge in [-0.1, -0.05) is 48.5 Å². The molecule has 3 nitrogen and oxygen atoms in total. The highest BCUT2D eigenvalue weighted by molar-refractivity contribution is 9.11. The molecule has 0 aliphatic heterocycles. The molecule has 0 radical (unpaired) electrons. The number of halogens is 1. The van der Waals surface area contributed by atoms with Gasteiger partial charge in [-0.25, -0.2) is 4.98 Å². The van der Waals surface area contributed by atoms with Gasteiger partial charge in [0.15, 0.2) is 3.92 Å². The van der Waals surface area contributed by atoms with Crippen molar-refractivity contribution in [3.8, 4) is 0 Å². The molecule has 0 spiro atoms. The fraction of sp³-hybridized carbons (Fsp3) is 0.871. The third-order valence-electron chi connectivity index (χ3n) is 13.7. The highest BCUT2D eigenvalue weighted by atomic mass is 79.9. The number of carboxylic acid groups (broad SMARTS) is 1. The molecule has 1 heterocycles. The van der Waals surface area contributed by atoms with Gasteiger partial charge in [0.2, 0.25) is 0 Å². The predicted octanol–water partition coefficient (Wildman–Crippen LogP) is 8.74. The standard InChI is InChI=1S/C31H46BrNO2S/c1-17(2)18-10-13-31(25(34)35)15-14-29(6)19(23(18)31)8-9-22-28(5)16-20-24(33-26(32)36-20)27(3,4)21(28)11-12-30(22,29)7/h17-19,21-23H,8-16H2,1-7H3,(H,34,35)/t18-,19+,21-,22+,23+,28-,29+,30+,31-/m0/s1. The van der Waals surface area contributed by atoms with Gasteiger partial charge in [-0.2, -0.15) is 0 Å². The summed E-state index contributed by atoms with van der Waals surface area (Å²) in [6.07, 6.45) is 10.2. The highest BCUT2D eigenvalue weighted by Crippen LogP contribution is 2.77. The van der Waals surface area contributed by atoms with Crippen molar-refractivity contribution >= 4 is 33.2 Å². The third-order valence-corrected chi connectivity index (χ3v) is 15.2. The Morgan fingerprint density at radius 3 is 2.36 bits per heavy atom. The van der Waals surface area contributed by atoms with Crippen molar-refractivity contribution < 1.29 is 9.90 Å². The summed E-state index contributed by atoms with van der Waals surface area (Å²) >= 11 is 5.58. The van der Waals surface area contributed by atoms with E-state index in [9.17, 15) is 9.90 Å². The van der Waals surface area contributed by atoms with Crippen molar-refractivity contribution in [1.29, 1.82) is 0 Å². The van der Waals surface area contributed by atoms with Crippen molar-refractivity contribution in [2.24, 2.45) is 57.2 Å². The molecule has 0 amide bonds. The van der Waals surface area contributed by atoms with Crippen molar-refractivity contribution in [2.75, 3.05) is 0 Å². The molecular weight excluding hydrogens is 530 g/mol.